The Morgan fingerprint density at radius 2 is 1.08 bits per heavy atom. The third-order valence-electron chi connectivity index (χ3n) is 9.16. The summed E-state index contributed by atoms with van der Waals surface area (Å²) in [7, 11) is 0. The summed E-state index contributed by atoms with van der Waals surface area (Å²) in [6, 6.07) is 10.4. The summed E-state index contributed by atoms with van der Waals surface area (Å²) in [6.07, 6.45) is -0.639. The summed E-state index contributed by atoms with van der Waals surface area (Å²) < 4.78 is 167. The van der Waals surface area contributed by atoms with Gasteiger partial charge in [0, 0.05) is 50.2 Å². The molecule has 4 heteroatoms. The lowest BCUT2D eigenvalue weighted by molar-refractivity contribution is 1.08. The second kappa shape index (κ2) is 10.8. The van der Waals surface area contributed by atoms with Crippen molar-refractivity contribution in [3.63, 3.8) is 0 Å². The highest BCUT2D eigenvalue weighted by molar-refractivity contribution is 6.17. The fourth-order valence-electron chi connectivity index (χ4n) is 7.08. The monoisotopic (exact) mass is 668 g/mol. The molecule has 238 valence electrons. The molecule has 51 heavy (non-hydrogen) atoms. The van der Waals surface area contributed by atoms with Crippen LogP contribution in [0.3, 0.4) is 0 Å². The predicted octanol–water partition coefficient (Wildman–Crippen LogP) is 12.0. The average Bonchev–Trinajstić information content (AvgIpc) is 4.02. The zero-order valence-corrected chi connectivity index (χ0v) is 26.2. The number of hydrogen-bond donors (Lipinski definition) is 0. The summed E-state index contributed by atoms with van der Waals surface area (Å²) in [6.45, 7) is 0. The molecule has 7 aromatic carbocycles. The van der Waals surface area contributed by atoms with Crippen molar-refractivity contribution in [1.82, 2.24) is 18.7 Å². The van der Waals surface area contributed by atoms with Gasteiger partial charge in [-0.3, -0.25) is 4.57 Å². The second-order valence-corrected chi connectivity index (χ2v) is 11.8. The van der Waals surface area contributed by atoms with Crippen molar-refractivity contribution in [2.24, 2.45) is 0 Å². The van der Waals surface area contributed by atoms with Gasteiger partial charge < -0.3 is 9.13 Å². The SMILES string of the molecule is [2H]c1c([2H])c([2H])c(-c2c([2H])c([2H])c3c4c([2H])c([2H])c([2H])c([2H])c4n(-c4nc([2H])c5c6c([2H])c([2H])c([2H])c([2H])c6n(-c6cccc7c6c6ccccc6n7-c6ccccc6)c5c4[2H])c3c2[2H])c([2H])c1[2H]. The normalized spacial score (nSPS) is 16.9. The predicted molar refractivity (Wildman–Crippen MR) is 213 cm³/mol. The molecule has 0 radical (unpaired) electrons. The molecule has 0 amide bonds. The van der Waals surface area contributed by atoms with Crippen molar-refractivity contribution in [1.29, 1.82) is 0 Å². The van der Waals surface area contributed by atoms with Crippen molar-refractivity contribution in [2.75, 3.05) is 0 Å². The molecule has 11 rings (SSSR count). The molecule has 4 nitrogen and oxygen atoms in total. The van der Waals surface area contributed by atoms with E-state index in [1.807, 2.05) is 65.2 Å². The Balaban J connectivity index is 1.39. The molecule has 0 aliphatic rings. The summed E-state index contributed by atoms with van der Waals surface area (Å²) in [4.78, 5) is 4.54. The number of pyridine rings is 1. The van der Waals surface area contributed by atoms with Gasteiger partial charge in [-0.25, -0.2) is 4.98 Å². The van der Waals surface area contributed by atoms with E-state index < -0.39 is 137 Å². The van der Waals surface area contributed by atoms with Crippen LogP contribution < -0.4 is 0 Å². The minimum atomic E-state index is -0.796. The van der Waals surface area contributed by atoms with Gasteiger partial charge in [-0.05, 0) is 59.6 Å². The summed E-state index contributed by atoms with van der Waals surface area (Å²) in [5.74, 6) is -0.548. The smallest absolute Gasteiger partial charge is 0.139 e. The van der Waals surface area contributed by atoms with Crippen LogP contribution in [0.2, 0.25) is 0 Å². The van der Waals surface area contributed by atoms with E-state index in [1.165, 1.54) is 4.57 Å². The quantitative estimate of drug-likeness (QED) is 0.183. The minimum absolute atomic E-state index is 0.109. The third kappa shape index (κ3) is 4.05. The lowest BCUT2D eigenvalue weighted by Crippen LogP contribution is -2.00. The van der Waals surface area contributed by atoms with Crippen LogP contribution in [0.1, 0.15) is 24.7 Å². The van der Waals surface area contributed by atoms with Crippen molar-refractivity contribution in [3.05, 3.63) is 182 Å². The van der Waals surface area contributed by atoms with Crippen LogP contribution in [0.5, 0.6) is 0 Å². The van der Waals surface area contributed by atoms with Crippen LogP contribution in [0.25, 0.3) is 93.7 Å². The van der Waals surface area contributed by atoms with Gasteiger partial charge in [-0.15, -0.1) is 0 Å². The van der Waals surface area contributed by atoms with Crippen LogP contribution in [-0.2, 0) is 0 Å². The molecule has 0 fully saturated rings. The third-order valence-corrected chi connectivity index (χ3v) is 9.16. The number of para-hydroxylation sites is 4. The highest BCUT2D eigenvalue weighted by Crippen LogP contribution is 2.41. The molecule has 0 saturated heterocycles. The van der Waals surface area contributed by atoms with Crippen LogP contribution in [-0.4, -0.2) is 18.7 Å². The molecule has 0 bridgehead atoms. The molecule has 0 atom stereocenters. The zero-order valence-electron chi connectivity index (χ0n) is 44.2. The van der Waals surface area contributed by atoms with E-state index in [0.717, 1.165) is 21.2 Å². The molecule has 0 unspecified atom stereocenters. The van der Waals surface area contributed by atoms with Crippen LogP contribution in [0.4, 0.5) is 0 Å². The van der Waals surface area contributed by atoms with Gasteiger partial charge in [0.2, 0.25) is 0 Å². The zero-order chi connectivity index (χ0) is 49.1. The number of rotatable bonds is 4. The van der Waals surface area contributed by atoms with Gasteiger partial charge in [0.15, 0.2) is 0 Å². The molecule has 0 spiro atoms. The fraction of sp³-hybridized carbons (Fsp3) is 0. The van der Waals surface area contributed by atoms with Crippen molar-refractivity contribution in [3.8, 4) is 28.3 Å². The standard InChI is InChI=1S/C47H30N4/c1-3-14-31(15-4-1)32-26-27-36-34-18-7-11-22-40(34)51(44(36)28-32)46-29-45-38(30-48-46)35-19-8-10-21-39(35)50(45)43-25-13-24-42-47(43)37-20-9-12-23-41(37)49(42)33-16-5-2-6-17-33/h1-30H/i1D,3D,4D,7D,8D,10D,11D,14D,15D,18D,19D,21D,22D,26D,27D,28D,29D,30D. The first-order chi connectivity index (χ1) is 32.8. The summed E-state index contributed by atoms with van der Waals surface area (Å²) >= 11 is 0. The number of nitrogens with zero attached hydrogens (tertiary/aromatic N) is 4. The molecule has 11 aromatic rings. The van der Waals surface area contributed by atoms with Gasteiger partial charge in [0.1, 0.15) is 5.82 Å². The van der Waals surface area contributed by atoms with Crippen molar-refractivity contribution < 1.29 is 24.7 Å². The molecule has 0 aliphatic carbocycles. The molecular formula is C47H30N4. The Bertz CT molecular complexity index is 4150. The lowest BCUT2D eigenvalue weighted by Gasteiger charge is -2.13. The maximum absolute atomic E-state index is 10.2. The maximum Gasteiger partial charge on any atom is 0.139 e. The number of aromatic nitrogens is 4. The Labute approximate surface area is 319 Å². The number of hydrogen-bond acceptors (Lipinski definition) is 1. The summed E-state index contributed by atoms with van der Waals surface area (Å²) in [5.41, 5.74) is 0.209. The van der Waals surface area contributed by atoms with Gasteiger partial charge in [0.05, 0.1) is 63.5 Å². The first kappa shape index (κ1) is 15.8. The van der Waals surface area contributed by atoms with Crippen LogP contribution in [0.15, 0.2) is 182 Å². The molecule has 0 saturated carbocycles. The first-order valence-corrected chi connectivity index (χ1v) is 15.9. The van der Waals surface area contributed by atoms with E-state index in [2.05, 4.69) is 4.98 Å². The van der Waals surface area contributed by atoms with Crippen molar-refractivity contribution in [2.45, 2.75) is 0 Å². The molecule has 0 aliphatic heterocycles. The van der Waals surface area contributed by atoms with E-state index in [-0.39, 0.29) is 32.6 Å². The molecular weight excluding hydrogens is 621 g/mol. The molecule has 0 N–H and O–H groups in total. The van der Waals surface area contributed by atoms with Gasteiger partial charge >= 0.3 is 0 Å². The molecule has 4 aromatic heterocycles. The highest BCUT2D eigenvalue weighted by Gasteiger charge is 2.21. The molecule has 4 heterocycles. The van der Waals surface area contributed by atoms with Crippen molar-refractivity contribution >= 4 is 65.4 Å². The fourth-order valence-corrected chi connectivity index (χ4v) is 7.08. The van der Waals surface area contributed by atoms with Gasteiger partial charge in [-0.1, -0.05) is 121 Å². The Hall–Kier alpha value is -6.91. The number of fused-ring (bicyclic) bond motifs is 9. The maximum atomic E-state index is 10.2. The highest BCUT2D eigenvalue weighted by atomic mass is 15.1. The first-order valence-electron chi connectivity index (χ1n) is 24.9. The average molecular weight is 669 g/mol. The van der Waals surface area contributed by atoms with E-state index in [4.69, 9.17) is 13.7 Å². The Morgan fingerprint density at radius 1 is 0.412 bits per heavy atom. The Morgan fingerprint density at radius 3 is 1.92 bits per heavy atom. The van der Waals surface area contributed by atoms with E-state index in [0.29, 0.717) is 16.6 Å². The van der Waals surface area contributed by atoms with Crippen LogP contribution in [0, 0.1) is 0 Å². The van der Waals surface area contributed by atoms with E-state index in [1.54, 1.807) is 12.1 Å². The van der Waals surface area contributed by atoms with E-state index >= 15 is 0 Å². The van der Waals surface area contributed by atoms with Gasteiger partial charge in [0.25, 0.3) is 0 Å². The topological polar surface area (TPSA) is 27.7 Å². The second-order valence-electron chi connectivity index (χ2n) is 11.8. The number of benzene rings is 7. The Kier molecular flexibility index (Phi) is 3.33. The largest absolute Gasteiger partial charge is 0.309 e. The van der Waals surface area contributed by atoms with E-state index in [9.17, 15) is 11.0 Å². The summed E-state index contributed by atoms with van der Waals surface area (Å²) in [5, 5.41) is 0.270. The minimum Gasteiger partial charge on any atom is -0.309 e. The van der Waals surface area contributed by atoms with Gasteiger partial charge in [-0.2, -0.15) is 0 Å². The lowest BCUT2D eigenvalue weighted by atomic mass is 10.0. The van der Waals surface area contributed by atoms with Crippen LogP contribution >= 0.6 is 0 Å².